The fraction of sp³-hybridized carbons (Fsp3) is 0. The Bertz CT molecular complexity index is 1060. The first-order valence-corrected chi connectivity index (χ1v) is 7.34. The number of aromatic nitrogens is 3. The number of nitrogens with zero attached hydrogens (tertiary/aromatic N) is 1. The quantitative estimate of drug-likeness (QED) is 0.468. The lowest BCUT2D eigenvalue weighted by Gasteiger charge is -1.95. The Kier molecular flexibility index (Phi) is 2.64. The van der Waals surface area contributed by atoms with Gasteiger partial charge in [0.25, 0.3) is 11.1 Å². The van der Waals surface area contributed by atoms with Gasteiger partial charge in [-0.2, -0.15) is 0 Å². The maximum absolute atomic E-state index is 11.8. The Morgan fingerprint density at radius 3 is 2.27 bits per heavy atom. The molecule has 0 saturated heterocycles. The number of thiazole rings is 1. The summed E-state index contributed by atoms with van der Waals surface area (Å²) in [5, 5.41) is 6.17. The summed E-state index contributed by atoms with van der Waals surface area (Å²) in [6.45, 7) is 0. The zero-order valence-electron chi connectivity index (χ0n) is 11.2. The maximum Gasteiger partial charge on any atom is 0.270 e. The van der Waals surface area contributed by atoms with E-state index in [9.17, 15) is 9.59 Å². The lowest BCUT2D eigenvalue weighted by atomic mass is 10.2. The Labute approximate surface area is 127 Å². The minimum atomic E-state index is -0.335. The number of nitrogens with two attached hydrogens (primary N) is 1. The van der Waals surface area contributed by atoms with Crippen LogP contribution in [0.2, 0.25) is 0 Å². The zero-order valence-corrected chi connectivity index (χ0v) is 12.0. The predicted molar refractivity (Wildman–Crippen MR) is 88.2 cm³/mol. The van der Waals surface area contributed by atoms with E-state index < -0.39 is 0 Å². The monoisotopic (exact) mass is 310 g/mol. The minimum Gasteiger partial charge on any atom is -0.399 e. The lowest BCUT2D eigenvalue weighted by Crippen LogP contribution is -2.18. The molecule has 0 radical (unpaired) electrons. The number of fused-ring (bicyclic) bond motifs is 2. The van der Waals surface area contributed by atoms with E-state index in [0.29, 0.717) is 22.0 Å². The molecule has 7 heteroatoms. The second-order valence-electron chi connectivity index (χ2n) is 4.91. The first-order valence-electron chi connectivity index (χ1n) is 6.53. The topological polar surface area (TPSA) is 105 Å². The van der Waals surface area contributed by atoms with Gasteiger partial charge in [-0.1, -0.05) is 0 Å². The molecule has 4 aromatic rings. The van der Waals surface area contributed by atoms with Crippen LogP contribution in [0, 0.1) is 0 Å². The second kappa shape index (κ2) is 4.54. The molecule has 108 valence electrons. The van der Waals surface area contributed by atoms with Crippen LogP contribution in [-0.2, 0) is 0 Å². The molecular formula is C15H10N4O2S. The van der Waals surface area contributed by atoms with Gasteiger partial charge in [-0.15, -0.1) is 11.3 Å². The number of H-pyrrole nitrogens is 2. The summed E-state index contributed by atoms with van der Waals surface area (Å²) in [5.41, 5.74) is 7.36. The summed E-state index contributed by atoms with van der Waals surface area (Å²) < 4.78 is 0.857. The highest BCUT2D eigenvalue weighted by molar-refractivity contribution is 7.21. The molecule has 0 spiro atoms. The summed E-state index contributed by atoms with van der Waals surface area (Å²) in [6, 6.07) is 10.8. The van der Waals surface area contributed by atoms with Crippen molar-refractivity contribution in [3.8, 4) is 10.6 Å². The van der Waals surface area contributed by atoms with Gasteiger partial charge in [0.1, 0.15) is 5.01 Å². The predicted octanol–water partition coefficient (Wildman–Crippen LogP) is 2.08. The average molecular weight is 310 g/mol. The van der Waals surface area contributed by atoms with Crippen LogP contribution in [0.25, 0.3) is 31.6 Å². The van der Waals surface area contributed by atoms with Gasteiger partial charge < -0.3 is 5.73 Å². The van der Waals surface area contributed by atoms with E-state index >= 15 is 0 Å². The van der Waals surface area contributed by atoms with E-state index in [0.717, 1.165) is 15.3 Å². The molecule has 0 saturated carbocycles. The van der Waals surface area contributed by atoms with Gasteiger partial charge in [-0.05, 0) is 36.4 Å². The van der Waals surface area contributed by atoms with Crippen molar-refractivity contribution < 1.29 is 0 Å². The highest BCUT2D eigenvalue weighted by Gasteiger charge is 2.10. The van der Waals surface area contributed by atoms with Gasteiger partial charge in [0.05, 0.1) is 21.0 Å². The van der Waals surface area contributed by atoms with Gasteiger partial charge in [0.15, 0.2) is 0 Å². The van der Waals surface area contributed by atoms with E-state index in [4.69, 9.17) is 5.73 Å². The maximum atomic E-state index is 11.8. The van der Waals surface area contributed by atoms with E-state index in [1.54, 1.807) is 12.1 Å². The molecule has 0 fully saturated rings. The molecule has 6 nitrogen and oxygen atoms in total. The van der Waals surface area contributed by atoms with Crippen molar-refractivity contribution in [3.63, 3.8) is 0 Å². The number of nitrogen functional groups attached to an aromatic ring is 1. The van der Waals surface area contributed by atoms with Crippen molar-refractivity contribution in [3.05, 3.63) is 57.1 Å². The van der Waals surface area contributed by atoms with Crippen LogP contribution in [-0.4, -0.2) is 15.2 Å². The fourth-order valence-corrected chi connectivity index (χ4v) is 3.34. The van der Waals surface area contributed by atoms with Gasteiger partial charge in [-0.3, -0.25) is 19.8 Å². The van der Waals surface area contributed by atoms with E-state index in [1.165, 1.54) is 11.3 Å². The van der Waals surface area contributed by atoms with Crippen LogP contribution < -0.4 is 16.9 Å². The number of rotatable bonds is 1. The van der Waals surface area contributed by atoms with Crippen LogP contribution in [0.5, 0.6) is 0 Å². The van der Waals surface area contributed by atoms with E-state index in [-0.39, 0.29) is 11.1 Å². The van der Waals surface area contributed by atoms with Crippen LogP contribution in [0.15, 0.2) is 46.0 Å². The Morgan fingerprint density at radius 1 is 0.955 bits per heavy atom. The van der Waals surface area contributed by atoms with Gasteiger partial charge in [0, 0.05) is 11.3 Å². The molecule has 4 rings (SSSR count). The largest absolute Gasteiger partial charge is 0.399 e. The molecule has 4 N–H and O–H groups in total. The second-order valence-corrected chi connectivity index (χ2v) is 5.95. The van der Waals surface area contributed by atoms with Crippen molar-refractivity contribution in [2.45, 2.75) is 0 Å². The Morgan fingerprint density at radius 2 is 1.59 bits per heavy atom. The number of hydrogen-bond donors (Lipinski definition) is 3. The van der Waals surface area contributed by atoms with Gasteiger partial charge in [-0.25, -0.2) is 4.98 Å². The number of nitrogens with one attached hydrogen (secondary N) is 2. The van der Waals surface area contributed by atoms with E-state index in [1.807, 2.05) is 24.3 Å². The molecule has 0 bridgehead atoms. The Hall–Kier alpha value is -2.93. The smallest absolute Gasteiger partial charge is 0.270 e. The third-order valence-electron chi connectivity index (χ3n) is 3.46. The summed E-state index contributed by atoms with van der Waals surface area (Å²) in [6.07, 6.45) is 0. The lowest BCUT2D eigenvalue weighted by molar-refractivity contribution is 0.977. The summed E-state index contributed by atoms with van der Waals surface area (Å²) in [7, 11) is 0. The summed E-state index contributed by atoms with van der Waals surface area (Å²) in [5.74, 6) is 0. The molecule has 0 aliphatic rings. The summed E-state index contributed by atoms with van der Waals surface area (Å²) in [4.78, 5) is 28.2. The van der Waals surface area contributed by atoms with Crippen LogP contribution in [0.1, 0.15) is 0 Å². The number of anilines is 1. The average Bonchev–Trinajstić information content (AvgIpc) is 2.93. The molecule has 0 aliphatic heterocycles. The summed E-state index contributed by atoms with van der Waals surface area (Å²) >= 11 is 1.47. The minimum absolute atomic E-state index is 0.320. The SMILES string of the molecule is Nc1ccc(-c2nc3cc4c(=O)[nH][nH]c(=O)c4cc3s2)cc1. The molecule has 0 amide bonds. The van der Waals surface area contributed by atoms with Crippen LogP contribution >= 0.6 is 11.3 Å². The molecular weight excluding hydrogens is 300 g/mol. The van der Waals surface area contributed by atoms with Gasteiger partial charge in [0.2, 0.25) is 0 Å². The zero-order chi connectivity index (χ0) is 15.3. The molecule has 0 unspecified atom stereocenters. The highest BCUT2D eigenvalue weighted by atomic mass is 32.1. The molecule has 2 heterocycles. The molecule has 2 aromatic carbocycles. The van der Waals surface area contributed by atoms with Crippen molar-refractivity contribution in [2.75, 3.05) is 5.73 Å². The van der Waals surface area contributed by atoms with Crippen molar-refractivity contribution in [2.24, 2.45) is 0 Å². The van der Waals surface area contributed by atoms with Crippen molar-refractivity contribution in [1.82, 2.24) is 15.2 Å². The molecule has 0 atom stereocenters. The molecule has 0 aliphatic carbocycles. The Balaban J connectivity index is 2.01. The van der Waals surface area contributed by atoms with Crippen molar-refractivity contribution in [1.29, 1.82) is 0 Å². The first kappa shape index (κ1) is 12.8. The third-order valence-corrected chi connectivity index (χ3v) is 4.53. The molecule has 22 heavy (non-hydrogen) atoms. The van der Waals surface area contributed by atoms with Crippen LogP contribution in [0.4, 0.5) is 5.69 Å². The standard InChI is InChI=1S/C15H10N4O2S/c16-8-3-1-7(2-4-8)15-17-11-5-9-10(6-12(11)22-15)14(21)19-18-13(9)20/h1-6H,16H2,(H,18,20)(H,19,21). The van der Waals surface area contributed by atoms with Gasteiger partial charge >= 0.3 is 0 Å². The third kappa shape index (κ3) is 1.91. The first-order chi connectivity index (χ1) is 10.6. The van der Waals surface area contributed by atoms with Crippen LogP contribution in [0.3, 0.4) is 0 Å². The number of hydrogen-bond acceptors (Lipinski definition) is 5. The highest BCUT2D eigenvalue weighted by Crippen LogP contribution is 2.31. The van der Waals surface area contributed by atoms with E-state index in [2.05, 4.69) is 15.2 Å². The normalized spacial score (nSPS) is 11.3. The van der Waals surface area contributed by atoms with Crippen molar-refractivity contribution >= 4 is 38.0 Å². The fourth-order valence-electron chi connectivity index (χ4n) is 2.35. The number of aromatic amines is 2. The number of benzene rings is 2. The molecule has 2 aromatic heterocycles.